The lowest BCUT2D eigenvalue weighted by atomic mass is 10.0. The Bertz CT molecular complexity index is 672. The Labute approximate surface area is 141 Å². The summed E-state index contributed by atoms with van der Waals surface area (Å²) in [7, 11) is 0. The second-order valence-electron chi connectivity index (χ2n) is 6.12. The molecule has 1 fully saturated rings. The fourth-order valence-electron chi connectivity index (χ4n) is 3.13. The lowest BCUT2D eigenvalue weighted by Gasteiger charge is -2.14. The van der Waals surface area contributed by atoms with Gasteiger partial charge in [0.15, 0.2) is 0 Å². The summed E-state index contributed by atoms with van der Waals surface area (Å²) in [6, 6.07) is 6.91. The molecule has 24 heavy (non-hydrogen) atoms. The van der Waals surface area contributed by atoms with Crippen LogP contribution in [0, 0.1) is 5.82 Å². The van der Waals surface area contributed by atoms with Gasteiger partial charge in [-0.3, -0.25) is 4.98 Å². The molecule has 1 aromatic carbocycles. The minimum atomic E-state index is -0.612. The van der Waals surface area contributed by atoms with Gasteiger partial charge in [-0.1, -0.05) is 12.8 Å². The maximum atomic E-state index is 13.5. The Hall–Kier alpha value is -2.01. The first kappa shape index (κ1) is 16.8. The SMILES string of the molecule is FCCOc1cc(F)ccc1-c1cncc(CNC2CCCC2)c1. The standard InChI is InChI=1S/C19H22F2N2O/c20-7-8-24-19-10-16(21)5-6-18(19)15-9-14(11-22-13-15)12-23-17-3-1-2-4-17/h5-6,9-11,13,17,23H,1-4,7-8,12H2. The Balaban J connectivity index is 1.77. The van der Waals surface area contributed by atoms with Gasteiger partial charge in [0.2, 0.25) is 0 Å². The van der Waals surface area contributed by atoms with E-state index in [0.29, 0.717) is 11.8 Å². The van der Waals surface area contributed by atoms with Crippen molar-refractivity contribution in [3.8, 4) is 16.9 Å². The van der Waals surface area contributed by atoms with E-state index >= 15 is 0 Å². The molecule has 0 saturated heterocycles. The molecular formula is C19H22F2N2O. The van der Waals surface area contributed by atoms with Crippen molar-refractivity contribution in [3.05, 3.63) is 48.0 Å². The first-order chi connectivity index (χ1) is 11.8. The molecule has 128 valence electrons. The number of pyridine rings is 1. The van der Waals surface area contributed by atoms with Crippen LogP contribution in [0.1, 0.15) is 31.2 Å². The molecule has 1 heterocycles. The van der Waals surface area contributed by atoms with E-state index in [1.165, 1.54) is 37.8 Å². The van der Waals surface area contributed by atoms with Gasteiger partial charge in [0.05, 0.1) is 0 Å². The Kier molecular flexibility index (Phi) is 5.75. The lowest BCUT2D eigenvalue weighted by molar-refractivity contribution is 0.273. The molecule has 3 rings (SSSR count). The first-order valence-electron chi connectivity index (χ1n) is 8.42. The van der Waals surface area contributed by atoms with Crippen LogP contribution >= 0.6 is 0 Å². The minimum absolute atomic E-state index is 0.0905. The Morgan fingerprint density at radius 3 is 2.79 bits per heavy atom. The zero-order chi connectivity index (χ0) is 16.8. The Morgan fingerprint density at radius 1 is 1.17 bits per heavy atom. The van der Waals surface area contributed by atoms with Gasteiger partial charge in [-0.05, 0) is 36.6 Å². The van der Waals surface area contributed by atoms with E-state index in [9.17, 15) is 8.78 Å². The van der Waals surface area contributed by atoms with E-state index in [4.69, 9.17) is 4.74 Å². The van der Waals surface area contributed by atoms with Crippen LogP contribution in [0.3, 0.4) is 0 Å². The summed E-state index contributed by atoms with van der Waals surface area (Å²) in [5.41, 5.74) is 2.63. The summed E-state index contributed by atoms with van der Waals surface area (Å²) in [4.78, 5) is 4.29. The van der Waals surface area contributed by atoms with Crippen molar-refractivity contribution >= 4 is 0 Å². The first-order valence-corrected chi connectivity index (χ1v) is 8.42. The summed E-state index contributed by atoms with van der Waals surface area (Å²) in [5.74, 6) is -0.0602. The molecular weight excluding hydrogens is 310 g/mol. The van der Waals surface area contributed by atoms with Crippen LogP contribution in [-0.2, 0) is 6.54 Å². The topological polar surface area (TPSA) is 34.1 Å². The smallest absolute Gasteiger partial charge is 0.130 e. The molecule has 1 N–H and O–H groups in total. The summed E-state index contributed by atoms with van der Waals surface area (Å²) >= 11 is 0. The number of alkyl halides is 1. The fourth-order valence-corrected chi connectivity index (χ4v) is 3.13. The van der Waals surface area contributed by atoms with Gasteiger partial charge in [0, 0.05) is 42.2 Å². The van der Waals surface area contributed by atoms with Crippen LogP contribution in [0.25, 0.3) is 11.1 Å². The highest BCUT2D eigenvalue weighted by Crippen LogP contribution is 2.31. The van der Waals surface area contributed by atoms with Gasteiger partial charge in [0.1, 0.15) is 24.8 Å². The number of nitrogens with zero attached hydrogens (tertiary/aromatic N) is 1. The summed E-state index contributed by atoms with van der Waals surface area (Å²) in [5, 5.41) is 3.55. The van der Waals surface area contributed by atoms with Gasteiger partial charge in [-0.2, -0.15) is 0 Å². The molecule has 0 amide bonds. The molecule has 1 aliphatic rings. The maximum Gasteiger partial charge on any atom is 0.130 e. The highest BCUT2D eigenvalue weighted by molar-refractivity contribution is 5.70. The van der Waals surface area contributed by atoms with E-state index in [1.54, 1.807) is 12.3 Å². The average molecular weight is 332 g/mol. The fraction of sp³-hybridized carbons (Fsp3) is 0.421. The van der Waals surface area contributed by atoms with Crippen molar-refractivity contribution in [2.75, 3.05) is 13.3 Å². The number of benzene rings is 1. The molecule has 2 aromatic rings. The molecule has 1 aliphatic carbocycles. The highest BCUT2D eigenvalue weighted by atomic mass is 19.1. The predicted octanol–water partition coefficient (Wildman–Crippen LogP) is 4.27. The average Bonchev–Trinajstić information content (AvgIpc) is 3.12. The van der Waals surface area contributed by atoms with Crippen molar-refractivity contribution in [3.63, 3.8) is 0 Å². The van der Waals surface area contributed by atoms with Crippen LogP contribution in [0.5, 0.6) is 5.75 Å². The van der Waals surface area contributed by atoms with Crippen LogP contribution in [0.4, 0.5) is 8.78 Å². The molecule has 1 aromatic heterocycles. The third kappa shape index (κ3) is 4.29. The van der Waals surface area contributed by atoms with Crippen LogP contribution in [-0.4, -0.2) is 24.3 Å². The van der Waals surface area contributed by atoms with E-state index in [0.717, 1.165) is 23.2 Å². The van der Waals surface area contributed by atoms with Crippen LogP contribution in [0.2, 0.25) is 0 Å². The summed E-state index contributed by atoms with van der Waals surface area (Å²) in [6.45, 7) is 0.0553. The normalized spacial score (nSPS) is 14.9. The molecule has 0 unspecified atom stereocenters. The van der Waals surface area contributed by atoms with E-state index < -0.39 is 12.5 Å². The molecule has 3 nitrogen and oxygen atoms in total. The molecule has 0 spiro atoms. The highest BCUT2D eigenvalue weighted by Gasteiger charge is 2.14. The van der Waals surface area contributed by atoms with Crippen molar-refractivity contribution in [1.82, 2.24) is 10.3 Å². The van der Waals surface area contributed by atoms with Gasteiger partial charge in [-0.25, -0.2) is 8.78 Å². The molecule has 0 aliphatic heterocycles. The zero-order valence-electron chi connectivity index (χ0n) is 13.6. The van der Waals surface area contributed by atoms with Gasteiger partial charge in [-0.15, -0.1) is 0 Å². The maximum absolute atomic E-state index is 13.5. The van der Waals surface area contributed by atoms with Gasteiger partial charge >= 0.3 is 0 Å². The number of hydrogen-bond donors (Lipinski definition) is 1. The van der Waals surface area contributed by atoms with Crippen LogP contribution in [0.15, 0.2) is 36.7 Å². The van der Waals surface area contributed by atoms with E-state index in [-0.39, 0.29) is 6.61 Å². The second-order valence-corrected chi connectivity index (χ2v) is 6.12. The molecule has 0 atom stereocenters. The third-order valence-corrected chi connectivity index (χ3v) is 4.33. The van der Waals surface area contributed by atoms with E-state index in [2.05, 4.69) is 10.3 Å². The minimum Gasteiger partial charge on any atom is -0.490 e. The van der Waals surface area contributed by atoms with Crippen molar-refractivity contribution in [1.29, 1.82) is 0 Å². The Morgan fingerprint density at radius 2 is 2.00 bits per heavy atom. The van der Waals surface area contributed by atoms with Crippen LogP contribution < -0.4 is 10.1 Å². The molecule has 0 radical (unpaired) electrons. The summed E-state index contributed by atoms with van der Waals surface area (Å²) in [6.07, 6.45) is 8.59. The molecule has 0 bridgehead atoms. The van der Waals surface area contributed by atoms with Gasteiger partial charge in [0.25, 0.3) is 0 Å². The van der Waals surface area contributed by atoms with Crippen molar-refractivity contribution in [2.45, 2.75) is 38.3 Å². The lowest BCUT2D eigenvalue weighted by Crippen LogP contribution is -2.25. The van der Waals surface area contributed by atoms with Crippen molar-refractivity contribution in [2.24, 2.45) is 0 Å². The second kappa shape index (κ2) is 8.20. The van der Waals surface area contributed by atoms with Crippen molar-refractivity contribution < 1.29 is 13.5 Å². The number of hydrogen-bond acceptors (Lipinski definition) is 3. The largest absolute Gasteiger partial charge is 0.490 e. The number of aromatic nitrogens is 1. The molecule has 1 saturated carbocycles. The van der Waals surface area contributed by atoms with Gasteiger partial charge < -0.3 is 10.1 Å². The third-order valence-electron chi connectivity index (χ3n) is 4.33. The zero-order valence-corrected chi connectivity index (χ0v) is 13.6. The summed E-state index contributed by atoms with van der Waals surface area (Å²) < 4.78 is 31.2. The number of halogens is 2. The molecule has 5 heteroatoms. The number of nitrogens with one attached hydrogen (secondary N) is 1. The predicted molar refractivity (Wildman–Crippen MR) is 90.2 cm³/mol. The number of rotatable bonds is 7. The monoisotopic (exact) mass is 332 g/mol. The number of ether oxygens (including phenoxy) is 1. The van der Waals surface area contributed by atoms with E-state index in [1.807, 2.05) is 12.3 Å². The quantitative estimate of drug-likeness (QED) is 0.822.